The van der Waals surface area contributed by atoms with Crippen LogP contribution < -0.4 is 11.1 Å². The van der Waals surface area contributed by atoms with Crippen molar-refractivity contribution in [2.45, 2.75) is 0 Å². The van der Waals surface area contributed by atoms with Gasteiger partial charge in [0.15, 0.2) is 5.82 Å². The van der Waals surface area contributed by atoms with Crippen molar-refractivity contribution in [1.29, 1.82) is 0 Å². The van der Waals surface area contributed by atoms with E-state index in [-0.39, 0.29) is 4.99 Å². The number of nitrogens with two attached hydrogens (primary N) is 1. The molecule has 20 heavy (non-hydrogen) atoms. The van der Waals surface area contributed by atoms with E-state index in [0.717, 1.165) is 16.6 Å². The number of fused-ring (bicyclic) bond motifs is 1. The first-order chi connectivity index (χ1) is 9.75. The molecule has 2 heterocycles. The number of para-hydroxylation sites is 1. The number of pyridine rings is 1. The van der Waals surface area contributed by atoms with Gasteiger partial charge in [-0.1, -0.05) is 30.4 Å². The molecule has 0 saturated carbocycles. The molecule has 98 valence electrons. The lowest BCUT2D eigenvalue weighted by molar-refractivity contribution is 1.18. The van der Waals surface area contributed by atoms with Crippen LogP contribution in [0.2, 0.25) is 0 Å². The highest BCUT2D eigenvalue weighted by atomic mass is 32.1. The SMILES string of the molecule is NC(=S)c1nccnc1Nc1cccc2cccnc12. The minimum absolute atomic E-state index is 0.203. The molecule has 0 unspecified atom stereocenters. The van der Waals surface area contributed by atoms with Crippen LogP contribution in [0.4, 0.5) is 11.5 Å². The van der Waals surface area contributed by atoms with Crippen molar-refractivity contribution in [3.05, 3.63) is 54.6 Å². The summed E-state index contributed by atoms with van der Waals surface area (Å²) in [6, 6.07) is 9.77. The highest BCUT2D eigenvalue weighted by Crippen LogP contribution is 2.24. The maximum Gasteiger partial charge on any atom is 0.159 e. The highest BCUT2D eigenvalue weighted by Gasteiger charge is 2.09. The number of thiocarbonyl (C=S) groups is 1. The predicted molar refractivity (Wildman–Crippen MR) is 82.9 cm³/mol. The van der Waals surface area contributed by atoms with E-state index in [0.29, 0.717) is 11.5 Å². The normalized spacial score (nSPS) is 10.4. The van der Waals surface area contributed by atoms with Crippen LogP contribution in [0.3, 0.4) is 0 Å². The Morgan fingerprint density at radius 1 is 1.00 bits per heavy atom. The van der Waals surface area contributed by atoms with Crippen molar-refractivity contribution < 1.29 is 0 Å². The Hall–Kier alpha value is -2.60. The molecule has 0 aliphatic heterocycles. The first-order valence-corrected chi connectivity index (χ1v) is 6.38. The summed E-state index contributed by atoms with van der Waals surface area (Å²) in [5.74, 6) is 0.526. The van der Waals surface area contributed by atoms with Crippen molar-refractivity contribution >= 4 is 39.6 Å². The van der Waals surface area contributed by atoms with Gasteiger partial charge in [0, 0.05) is 24.0 Å². The Balaban J connectivity index is 2.08. The van der Waals surface area contributed by atoms with Crippen LogP contribution in [0.15, 0.2) is 48.9 Å². The van der Waals surface area contributed by atoms with Gasteiger partial charge in [-0.3, -0.25) is 4.98 Å². The molecule has 2 aromatic heterocycles. The number of hydrogen-bond acceptors (Lipinski definition) is 5. The first-order valence-electron chi connectivity index (χ1n) is 5.97. The Bertz CT molecular complexity index is 782. The van der Waals surface area contributed by atoms with E-state index >= 15 is 0 Å². The maximum atomic E-state index is 5.65. The molecule has 5 nitrogen and oxygen atoms in total. The summed E-state index contributed by atoms with van der Waals surface area (Å²) < 4.78 is 0. The molecule has 3 rings (SSSR count). The van der Waals surface area contributed by atoms with Crippen LogP contribution in [0.25, 0.3) is 10.9 Å². The highest BCUT2D eigenvalue weighted by molar-refractivity contribution is 7.80. The fourth-order valence-electron chi connectivity index (χ4n) is 1.94. The standard InChI is InChI=1S/C14H11N5S/c15-13(20)12-14(18-8-7-17-12)19-10-5-1-3-9-4-2-6-16-11(9)10/h1-8H,(H2,15,20)(H,18,19). The number of nitrogens with zero attached hydrogens (tertiary/aromatic N) is 3. The molecular weight excluding hydrogens is 270 g/mol. The lowest BCUT2D eigenvalue weighted by Gasteiger charge is -2.10. The second-order valence-corrected chi connectivity index (χ2v) is 4.56. The van der Waals surface area contributed by atoms with Crippen molar-refractivity contribution in [3.63, 3.8) is 0 Å². The summed E-state index contributed by atoms with van der Waals surface area (Å²) in [4.78, 5) is 13.0. The largest absolute Gasteiger partial charge is 0.388 e. The lowest BCUT2D eigenvalue weighted by atomic mass is 10.2. The van der Waals surface area contributed by atoms with Crippen LogP contribution in [0, 0.1) is 0 Å². The molecular formula is C14H11N5S. The molecule has 0 bridgehead atoms. The summed E-state index contributed by atoms with van der Waals surface area (Å²) in [7, 11) is 0. The van der Waals surface area contributed by atoms with Crippen LogP contribution in [0.5, 0.6) is 0 Å². The number of aromatic nitrogens is 3. The van der Waals surface area contributed by atoms with Gasteiger partial charge in [0.2, 0.25) is 0 Å². The van der Waals surface area contributed by atoms with Crippen molar-refractivity contribution in [2.24, 2.45) is 5.73 Å². The number of anilines is 2. The fourth-order valence-corrected chi connectivity index (χ4v) is 2.09. The minimum atomic E-state index is 0.203. The minimum Gasteiger partial charge on any atom is -0.388 e. The van der Waals surface area contributed by atoms with Gasteiger partial charge in [-0.25, -0.2) is 9.97 Å². The summed E-state index contributed by atoms with van der Waals surface area (Å²) in [6.45, 7) is 0. The third-order valence-electron chi connectivity index (χ3n) is 2.82. The van der Waals surface area contributed by atoms with Gasteiger partial charge in [-0.15, -0.1) is 0 Å². The van der Waals surface area contributed by atoms with Crippen LogP contribution >= 0.6 is 12.2 Å². The molecule has 0 fully saturated rings. The molecule has 0 radical (unpaired) electrons. The zero-order valence-electron chi connectivity index (χ0n) is 10.4. The van der Waals surface area contributed by atoms with Crippen LogP contribution in [-0.4, -0.2) is 19.9 Å². The third kappa shape index (κ3) is 2.28. The van der Waals surface area contributed by atoms with Gasteiger partial charge >= 0.3 is 0 Å². The number of benzene rings is 1. The average molecular weight is 281 g/mol. The summed E-state index contributed by atoms with van der Waals surface area (Å²) in [5.41, 5.74) is 7.81. The van der Waals surface area contributed by atoms with E-state index in [9.17, 15) is 0 Å². The smallest absolute Gasteiger partial charge is 0.159 e. The Kier molecular flexibility index (Phi) is 3.22. The number of hydrogen-bond donors (Lipinski definition) is 2. The molecule has 3 aromatic rings. The molecule has 0 aliphatic rings. The van der Waals surface area contributed by atoms with E-state index in [1.807, 2.05) is 30.3 Å². The van der Waals surface area contributed by atoms with E-state index in [4.69, 9.17) is 18.0 Å². The second kappa shape index (κ2) is 5.18. The molecule has 0 saturated heterocycles. The Morgan fingerprint density at radius 2 is 1.80 bits per heavy atom. The topological polar surface area (TPSA) is 76.7 Å². The van der Waals surface area contributed by atoms with Crippen molar-refractivity contribution in [2.75, 3.05) is 5.32 Å². The molecule has 1 aromatic carbocycles. The first kappa shape index (κ1) is 12.4. The van der Waals surface area contributed by atoms with Crippen LogP contribution in [0.1, 0.15) is 5.69 Å². The van der Waals surface area contributed by atoms with Gasteiger partial charge in [0.1, 0.15) is 10.7 Å². The molecule has 0 amide bonds. The second-order valence-electron chi connectivity index (χ2n) is 4.12. The van der Waals surface area contributed by atoms with E-state index in [2.05, 4.69) is 20.3 Å². The monoisotopic (exact) mass is 281 g/mol. The van der Waals surface area contributed by atoms with E-state index in [1.165, 1.54) is 0 Å². The lowest BCUT2D eigenvalue weighted by Crippen LogP contribution is -2.15. The van der Waals surface area contributed by atoms with Crippen molar-refractivity contribution in [3.8, 4) is 0 Å². The summed E-state index contributed by atoms with van der Waals surface area (Å²) in [6.07, 6.45) is 4.89. The zero-order valence-corrected chi connectivity index (χ0v) is 11.3. The molecule has 0 aliphatic carbocycles. The summed E-state index contributed by atoms with van der Waals surface area (Å²) in [5, 5.41) is 4.23. The van der Waals surface area contributed by atoms with Gasteiger partial charge in [0.25, 0.3) is 0 Å². The predicted octanol–water partition coefficient (Wildman–Crippen LogP) is 2.40. The van der Waals surface area contributed by atoms with E-state index in [1.54, 1.807) is 18.6 Å². The van der Waals surface area contributed by atoms with Crippen molar-refractivity contribution in [1.82, 2.24) is 15.0 Å². The molecule has 0 atom stereocenters. The average Bonchev–Trinajstić information content (AvgIpc) is 2.48. The zero-order chi connectivity index (χ0) is 13.9. The van der Waals surface area contributed by atoms with Gasteiger partial charge in [-0.2, -0.15) is 0 Å². The Labute approximate surface area is 120 Å². The molecule has 3 N–H and O–H groups in total. The number of rotatable bonds is 3. The molecule has 0 spiro atoms. The van der Waals surface area contributed by atoms with E-state index < -0.39 is 0 Å². The van der Waals surface area contributed by atoms with Gasteiger partial charge in [0.05, 0.1) is 11.2 Å². The maximum absolute atomic E-state index is 5.65. The number of nitrogens with one attached hydrogen (secondary N) is 1. The Morgan fingerprint density at radius 3 is 2.65 bits per heavy atom. The fraction of sp³-hybridized carbons (Fsp3) is 0. The van der Waals surface area contributed by atoms with Crippen LogP contribution in [-0.2, 0) is 0 Å². The quantitative estimate of drug-likeness (QED) is 0.718. The molecule has 6 heteroatoms. The summed E-state index contributed by atoms with van der Waals surface area (Å²) >= 11 is 4.98. The van der Waals surface area contributed by atoms with Gasteiger partial charge in [-0.05, 0) is 12.1 Å². The van der Waals surface area contributed by atoms with Gasteiger partial charge < -0.3 is 11.1 Å². The third-order valence-corrected chi connectivity index (χ3v) is 3.01.